The summed E-state index contributed by atoms with van der Waals surface area (Å²) in [6, 6.07) is 0.743. The van der Waals surface area contributed by atoms with Crippen LogP contribution in [0.3, 0.4) is 0 Å². The number of azo groups is 1. The Labute approximate surface area is 77.6 Å². The highest BCUT2D eigenvalue weighted by Crippen LogP contribution is 2.04. The number of rotatable bonds is 5. The van der Waals surface area contributed by atoms with Crippen LogP contribution in [0.1, 0.15) is 33.6 Å². The third-order valence-corrected chi connectivity index (χ3v) is 2.41. The highest BCUT2D eigenvalue weighted by atomic mass is 79.9. The first kappa shape index (κ1) is 11.1. The van der Waals surface area contributed by atoms with E-state index in [9.17, 15) is 0 Å². The van der Waals surface area contributed by atoms with Gasteiger partial charge >= 0.3 is 0 Å². The molecule has 2 atom stereocenters. The monoisotopic (exact) mass is 220 g/mol. The molecular weight excluding hydrogens is 204 g/mol. The average molecular weight is 221 g/mol. The van der Waals surface area contributed by atoms with Crippen molar-refractivity contribution in [3.8, 4) is 0 Å². The second-order valence-corrected chi connectivity index (χ2v) is 3.35. The molecule has 0 rings (SSSR count). The predicted octanol–water partition coefficient (Wildman–Crippen LogP) is 3.41. The zero-order chi connectivity index (χ0) is 8.69. The van der Waals surface area contributed by atoms with Gasteiger partial charge in [0.15, 0.2) is 0 Å². The maximum absolute atomic E-state index is 4.21. The minimum atomic E-state index is 0.365. The Kier molecular flexibility index (Phi) is 6.82. The van der Waals surface area contributed by atoms with E-state index in [0.29, 0.717) is 12.1 Å². The normalized spacial score (nSPS) is 17.1. The highest BCUT2D eigenvalue weighted by molar-refractivity contribution is 9.09. The van der Waals surface area contributed by atoms with E-state index in [-0.39, 0.29) is 0 Å². The van der Waals surface area contributed by atoms with Crippen LogP contribution in [-0.4, -0.2) is 17.4 Å². The van der Waals surface area contributed by atoms with Crippen molar-refractivity contribution in [2.45, 2.75) is 45.7 Å². The summed E-state index contributed by atoms with van der Waals surface area (Å²) < 4.78 is 0. The molecule has 0 aliphatic rings. The first-order valence-electron chi connectivity index (χ1n) is 4.20. The summed E-state index contributed by atoms with van der Waals surface area (Å²) in [7, 11) is 0. The van der Waals surface area contributed by atoms with Crippen LogP contribution in [0.4, 0.5) is 0 Å². The van der Waals surface area contributed by atoms with Gasteiger partial charge in [-0.2, -0.15) is 10.2 Å². The quantitative estimate of drug-likeness (QED) is 0.502. The molecule has 2 nitrogen and oxygen atoms in total. The maximum atomic E-state index is 4.21. The van der Waals surface area contributed by atoms with Gasteiger partial charge in [0.25, 0.3) is 0 Å². The Morgan fingerprint density at radius 3 is 2.18 bits per heavy atom. The van der Waals surface area contributed by atoms with Crippen LogP contribution in [0.5, 0.6) is 0 Å². The lowest BCUT2D eigenvalue weighted by Crippen LogP contribution is -2.04. The Balaban J connectivity index is 3.68. The summed E-state index contributed by atoms with van der Waals surface area (Å²) in [5, 5.41) is 9.31. The van der Waals surface area contributed by atoms with Crippen molar-refractivity contribution in [1.29, 1.82) is 0 Å². The molecule has 0 aliphatic heterocycles. The zero-order valence-corrected chi connectivity index (χ0v) is 9.13. The van der Waals surface area contributed by atoms with Crippen molar-refractivity contribution in [2.24, 2.45) is 10.2 Å². The van der Waals surface area contributed by atoms with Gasteiger partial charge in [0.2, 0.25) is 0 Å². The van der Waals surface area contributed by atoms with Crippen LogP contribution in [0.25, 0.3) is 0 Å². The van der Waals surface area contributed by atoms with Gasteiger partial charge in [0, 0.05) is 5.33 Å². The van der Waals surface area contributed by atoms with Crippen molar-refractivity contribution in [3.63, 3.8) is 0 Å². The van der Waals surface area contributed by atoms with Gasteiger partial charge in [-0.15, -0.1) is 0 Å². The van der Waals surface area contributed by atoms with Crippen LogP contribution in [0.15, 0.2) is 10.2 Å². The molecule has 0 aromatic rings. The molecule has 0 bridgehead atoms. The molecule has 0 aromatic carbocycles. The van der Waals surface area contributed by atoms with Crippen LogP contribution in [0, 0.1) is 0 Å². The molecule has 0 spiro atoms. The summed E-state index contributed by atoms with van der Waals surface area (Å²) in [6.07, 6.45) is 2.13. The topological polar surface area (TPSA) is 24.7 Å². The van der Waals surface area contributed by atoms with Gasteiger partial charge in [-0.3, -0.25) is 0 Å². The van der Waals surface area contributed by atoms with Crippen LogP contribution in [-0.2, 0) is 0 Å². The summed E-state index contributed by atoms with van der Waals surface area (Å²) >= 11 is 3.39. The number of hydrogen-bond donors (Lipinski definition) is 0. The van der Waals surface area contributed by atoms with Crippen molar-refractivity contribution in [3.05, 3.63) is 0 Å². The number of hydrogen-bond acceptors (Lipinski definition) is 2. The predicted molar refractivity (Wildman–Crippen MR) is 52.5 cm³/mol. The molecule has 0 saturated heterocycles. The Morgan fingerprint density at radius 1 is 1.18 bits per heavy atom. The van der Waals surface area contributed by atoms with E-state index in [1.165, 1.54) is 0 Å². The van der Waals surface area contributed by atoms with Gasteiger partial charge in [0.1, 0.15) is 0 Å². The van der Waals surface area contributed by atoms with E-state index in [2.05, 4.69) is 46.9 Å². The Morgan fingerprint density at radius 2 is 1.82 bits per heavy atom. The highest BCUT2D eigenvalue weighted by Gasteiger charge is 2.01. The lowest BCUT2D eigenvalue weighted by Gasteiger charge is -2.04. The first-order chi connectivity index (χ1) is 5.24. The molecule has 0 heterocycles. The van der Waals surface area contributed by atoms with E-state index in [0.717, 1.165) is 18.2 Å². The minimum Gasteiger partial charge on any atom is -0.191 e. The molecule has 0 saturated carbocycles. The van der Waals surface area contributed by atoms with Gasteiger partial charge in [0.05, 0.1) is 12.1 Å². The Hall–Kier alpha value is 0.0800. The number of halogens is 1. The van der Waals surface area contributed by atoms with E-state index < -0.39 is 0 Å². The van der Waals surface area contributed by atoms with Gasteiger partial charge < -0.3 is 0 Å². The third kappa shape index (κ3) is 5.36. The lowest BCUT2D eigenvalue weighted by atomic mass is 10.3. The summed E-state index contributed by atoms with van der Waals surface area (Å²) in [5.41, 5.74) is 0. The summed E-state index contributed by atoms with van der Waals surface area (Å²) in [4.78, 5) is 0. The second kappa shape index (κ2) is 6.77. The molecule has 11 heavy (non-hydrogen) atoms. The number of nitrogens with zero attached hydrogens (tertiary/aromatic N) is 2. The van der Waals surface area contributed by atoms with E-state index in [1.807, 2.05) is 0 Å². The van der Waals surface area contributed by atoms with Crippen molar-refractivity contribution in [1.82, 2.24) is 0 Å². The standard InChI is InChI=1S/C8H17BrN2/c1-4-7(3)10-11-8(5-2)6-9/h7-8H,4-6H2,1-3H3. The van der Waals surface area contributed by atoms with Gasteiger partial charge in [-0.05, 0) is 19.8 Å². The molecule has 66 valence electrons. The van der Waals surface area contributed by atoms with Crippen LogP contribution in [0.2, 0.25) is 0 Å². The zero-order valence-electron chi connectivity index (χ0n) is 7.55. The van der Waals surface area contributed by atoms with E-state index in [4.69, 9.17) is 0 Å². The molecule has 0 fully saturated rings. The lowest BCUT2D eigenvalue weighted by molar-refractivity contribution is 0.602. The van der Waals surface area contributed by atoms with Crippen LogP contribution >= 0.6 is 15.9 Å². The van der Waals surface area contributed by atoms with Crippen LogP contribution < -0.4 is 0 Å². The number of alkyl halides is 1. The summed E-state index contributed by atoms with van der Waals surface area (Å²) in [6.45, 7) is 6.34. The molecule has 0 radical (unpaired) electrons. The molecule has 0 amide bonds. The smallest absolute Gasteiger partial charge is 0.0802 e. The minimum absolute atomic E-state index is 0.365. The fraction of sp³-hybridized carbons (Fsp3) is 1.00. The van der Waals surface area contributed by atoms with E-state index in [1.54, 1.807) is 0 Å². The molecular formula is C8H17BrN2. The van der Waals surface area contributed by atoms with Gasteiger partial charge in [-0.25, -0.2) is 0 Å². The summed E-state index contributed by atoms with van der Waals surface area (Å²) in [5.74, 6) is 0. The molecule has 3 heteroatoms. The largest absolute Gasteiger partial charge is 0.191 e. The molecule has 2 unspecified atom stereocenters. The van der Waals surface area contributed by atoms with Gasteiger partial charge in [-0.1, -0.05) is 29.8 Å². The fourth-order valence-corrected chi connectivity index (χ4v) is 1.10. The maximum Gasteiger partial charge on any atom is 0.0802 e. The SMILES string of the molecule is CCC(C)N=NC(CC)CBr. The fourth-order valence-electron chi connectivity index (χ4n) is 0.511. The molecule has 0 aromatic heterocycles. The van der Waals surface area contributed by atoms with Crippen molar-refractivity contribution < 1.29 is 0 Å². The van der Waals surface area contributed by atoms with Crippen molar-refractivity contribution in [2.75, 3.05) is 5.33 Å². The molecule has 0 aliphatic carbocycles. The molecule has 0 N–H and O–H groups in total. The Bertz CT molecular complexity index is 111. The van der Waals surface area contributed by atoms with Crippen molar-refractivity contribution >= 4 is 15.9 Å². The third-order valence-electron chi connectivity index (χ3n) is 1.67. The second-order valence-electron chi connectivity index (χ2n) is 2.70. The average Bonchev–Trinajstić information content (AvgIpc) is 2.06. The first-order valence-corrected chi connectivity index (χ1v) is 5.32. The van der Waals surface area contributed by atoms with E-state index >= 15 is 0 Å².